The van der Waals surface area contributed by atoms with Crippen LogP contribution >= 0.6 is 15.9 Å². The lowest BCUT2D eigenvalue weighted by molar-refractivity contribution is -0.954. The van der Waals surface area contributed by atoms with Gasteiger partial charge in [0.2, 0.25) is 17.1 Å². The second-order valence-electron chi connectivity index (χ2n) is 17.4. The standard InChI is InChI=1S/C31H20N2.C16H12N.C15H10BrN/c1-3-11-23-21(9-1)17-19-32-29(23)25-13-5-7-15-27(25)31(32)28-16-8-6-14-26(28)30-24-12-4-2-10-22(24)18-20-33(30)31;1-3-7-14-12(5-1)9-10-17-11-13-6-2-4-8-15(13)16(14)17;16-14-8-4-3-7-13(14)15-12-6-2-1-5-11(12)9-10-17-15/h1-20H;1-10H,11H2;1-10H/q+2;+1;. The number of benzene rings is 8. The normalized spacial score (nSPS) is 12.9. The molecule has 0 saturated heterocycles. The molecule has 7 heterocycles. The summed E-state index contributed by atoms with van der Waals surface area (Å²) in [6, 6.07) is 77.8. The van der Waals surface area contributed by atoms with Crippen molar-refractivity contribution in [1.82, 2.24) is 4.98 Å². The van der Waals surface area contributed by atoms with E-state index in [1.807, 2.05) is 42.6 Å². The molecule has 0 unspecified atom stereocenters. The fourth-order valence-electron chi connectivity index (χ4n) is 11.0. The van der Waals surface area contributed by atoms with Gasteiger partial charge < -0.3 is 0 Å². The smallest absolute Gasteiger partial charge is 0.256 e. The molecule has 0 saturated carbocycles. The van der Waals surface area contributed by atoms with Gasteiger partial charge in [0, 0.05) is 45.4 Å². The van der Waals surface area contributed by atoms with Crippen molar-refractivity contribution in [3.05, 3.63) is 264 Å². The highest BCUT2D eigenvalue weighted by molar-refractivity contribution is 9.10. The van der Waals surface area contributed by atoms with Gasteiger partial charge in [0.05, 0.1) is 38.5 Å². The van der Waals surface area contributed by atoms with Crippen LogP contribution in [0.5, 0.6) is 0 Å². The topological polar surface area (TPSA) is 24.5 Å². The molecule has 0 fully saturated rings. The zero-order valence-corrected chi connectivity index (χ0v) is 38.1. The molecule has 0 radical (unpaired) electrons. The Morgan fingerprint density at radius 2 is 0.806 bits per heavy atom. The summed E-state index contributed by atoms with van der Waals surface area (Å²) in [4.78, 5) is 4.51. The predicted molar refractivity (Wildman–Crippen MR) is 274 cm³/mol. The highest BCUT2D eigenvalue weighted by Gasteiger charge is 2.67. The molecular weight excluding hydrogens is 881 g/mol. The third kappa shape index (κ3) is 6.05. The van der Waals surface area contributed by atoms with Crippen LogP contribution in [-0.4, -0.2) is 4.98 Å². The van der Waals surface area contributed by atoms with Gasteiger partial charge in [0.15, 0.2) is 25.1 Å². The molecule has 4 nitrogen and oxygen atoms in total. The third-order valence-corrected chi connectivity index (χ3v) is 14.6. The van der Waals surface area contributed by atoms with E-state index in [2.05, 4.69) is 235 Å². The lowest BCUT2D eigenvalue weighted by Crippen LogP contribution is -2.71. The van der Waals surface area contributed by atoms with Crippen LogP contribution in [0.1, 0.15) is 16.7 Å². The van der Waals surface area contributed by atoms with Crippen LogP contribution in [0, 0.1) is 0 Å². The summed E-state index contributed by atoms with van der Waals surface area (Å²) in [5.74, 6) is 0. The SMILES string of the molecule is Brc1ccccc1-c1nccc2ccccc12.c1ccc2c(c1)-c1c3ccccc3cc[n+]1C21c2ccccc2-c2c3ccccc3cc[n+]21.c1ccc2c(c1)C[n+]1ccc3ccccc3c1-2. The summed E-state index contributed by atoms with van der Waals surface area (Å²) in [7, 11) is 0. The number of pyridine rings is 4. The molecule has 5 heteroatoms. The number of rotatable bonds is 1. The van der Waals surface area contributed by atoms with Gasteiger partial charge >= 0.3 is 5.66 Å². The Hall–Kier alpha value is -8.12. The molecule has 3 aliphatic heterocycles. The van der Waals surface area contributed by atoms with E-state index in [1.54, 1.807) is 0 Å². The Balaban J connectivity index is 0.000000110. The molecule has 0 bridgehead atoms. The summed E-state index contributed by atoms with van der Waals surface area (Å²) < 4.78 is 8.42. The summed E-state index contributed by atoms with van der Waals surface area (Å²) >= 11 is 3.58. The monoisotopic (exact) mass is 921 g/mol. The Bertz CT molecular complexity index is 3810. The second-order valence-corrected chi connectivity index (χ2v) is 18.3. The second kappa shape index (κ2) is 15.8. The first-order valence-corrected chi connectivity index (χ1v) is 23.6. The minimum Gasteiger partial charge on any atom is -0.256 e. The van der Waals surface area contributed by atoms with Crippen molar-refractivity contribution in [2.75, 3.05) is 0 Å². The maximum atomic E-state index is 4.51. The fourth-order valence-corrected chi connectivity index (χ4v) is 11.5. The highest BCUT2D eigenvalue weighted by atomic mass is 79.9. The molecule has 314 valence electrons. The molecule has 0 aliphatic carbocycles. The van der Waals surface area contributed by atoms with Crippen molar-refractivity contribution in [3.63, 3.8) is 0 Å². The Labute approximate surface area is 397 Å². The van der Waals surface area contributed by atoms with Crippen molar-refractivity contribution in [3.8, 4) is 45.0 Å². The van der Waals surface area contributed by atoms with E-state index in [1.165, 1.54) is 93.6 Å². The van der Waals surface area contributed by atoms with Crippen LogP contribution in [-0.2, 0) is 12.2 Å². The molecule has 4 aromatic heterocycles. The number of halogens is 1. The number of hydrogen-bond acceptors (Lipinski definition) is 1. The molecule has 1 spiro atoms. The van der Waals surface area contributed by atoms with Gasteiger partial charge in [-0.15, -0.1) is 9.13 Å². The Morgan fingerprint density at radius 3 is 1.39 bits per heavy atom. The maximum Gasteiger partial charge on any atom is 0.417 e. The van der Waals surface area contributed by atoms with E-state index in [9.17, 15) is 0 Å². The molecule has 3 aliphatic rings. The first-order chi connectivity index (χ1) is 33.2. The van der Waals surface area contributed by atoms with Gasteiger partial charge in [-0.05, 0) is 82.2 Å². The van der Waals surface area contributed by atoms with Gasteiger partial charge in [0.25, 0.3) is 0 Å². The zero-order valence-electron chi connectivity index (χ0n) is 36.5. The molecule has 15 rings (SSSR count). The Morgan fingerprint density at radius 1 is 0.373 bits per heavy atom. The van der Waals surface area contributed by atoms with Crippen molar-refractivity contribution in [2.24, 2.45) is 0 Å². The average Bonchev–Trinajstić information content (AvgIpc) is 4.04. The van der Waals surface area contributed by atoms with Gasteiger partial charge in [0.1, 0.15) is 11.1 Å². The first kappa shape index (κ1) is 39.3. The number of nitrogens with zero attached hydrogens (tertiary/aromatic N) is 4. The molecule has 8 aromatic carbocycles. The quantitative estimate of drug-likeness (QED) is 0.151. The minimum atomic E-state index is -0.452. The molecule has 0 amide bonds. The van der Waals surface area contributed by atoms with Crippen LogP contribution in [0.15, 0.2) is 248 Å². The fraction of sp³-hybridized carbons (Fsp3) is 0.0323. The number of aromatic nitrogens is 4. The molecule has 67 heavy (non-hydrogen) atoms. The lowest BCUT2D eigenvalue weighted by Gasteiger charge is -2.17. The van der Waals surface area contributed by atoms with Crippen molar-refractivity contribution < 1.29 is 13.7 Å². The van der Waals surface area contributed by atoms with Crippen molar-refractivity contribution in [1.29, 1.82) is 0 Å². The molecule has 12 aromatic rings. The van der Waals surface area contributed by atoms with E-state index in [4.69, 9.17) is 0 Å². The zero-order chi connectivity index (χ0) is 44.5. The third-order valence-electron chi connectivity index (χ3n) is 13.9. The van der Waals surface area contributed by atoms with Gasteiger partial charge in [-0.3, -0.25) is 4.98 Å². The van der Waals surface area contributed by atoms with E-state index >= 15 is 0 Å². The van der Waals surface area contributed by atoms with E-state index in [0.29, 0.717) is 0 Å². The van der Waals surface area contributed by atoms with Crippen LogP contribution in [0.2, 0.25) is 0 Å². The lowest BCUT2D eigenvalue weighted by atomic mass is 9.90. The van der Waals surface area contributed by atoms with Gasteiger partial charge in [-0.1, -0.05) is 155 Å². The van der Waals surface area contributed by atoms with Crippen LogP contribution in [0.4, 0.5) is 0 Å². The maximum absolute atomic E-state index is 4.51. The van der Waals surface area contributed by atoms with E-state index < -0.39 is 5.66 Å². The van der Waals surface area contributed by atoms with Crippen LogP contribution in [0.3, 0.4) is 0 Å². The Kier molecular flexibility index (Phi) is 9.26. The summed E-state index contributed by atoms with van der Waals surface area (Å²) in [5.41, 5.74) is 13.7. The van der Waals surface area contributed by atoms with Crippen molar-refractivity contribution >= 4 is 59.0 Å². The van der Waals surface area contributed by atoms with Crippen LogP contribution < -0.4 is 13.7 Å². The first-order valence-electron chi connectivity index (χ1n) is 22.8. The molecule has 0 atom stereocenters. The largest absolute Gasteiger partial charge is 0.417 e. The van der Waals surface area contributed by atoms with Crippen LogP contribution in [0.25, 0.3) is 88.1 Å². The van der Waals surface area contributed by atoms with E-state index in [0.717, 1.165) is 22.3 Å². The number of hydrogen-bond donors (Lipinski definition) is 0. The molecular formula is C62H42BrN4+3. The average molecular weight is 923 g/mol. The van der Waals surface area contributed by atoms with E-state index in [-0.39, 0.29) is 0 Å². The predicted octanol–water partition coefficient (Wildman–Crippen LogP) is 13.6. The highest BCUT2D eigenvalue weighted by Crippen LogP contribution is 2.49. The van der Waals surface area contributed by atoms with Gasteiger partial charge in [-0.2, -0.15) is 4.57 Å². The summed E-state index contributed by atoms with van der Waals surface area (Å²) in [6.07, 6.45) is 8.62. The molecule has 0 N–H and O–H groups in total. The minimum absolute atomic E-state index is 0.452. The summed E-state index contributed by atoms with van der Waals surface area (Å²) in [5, 5.41) is 10.2. The number of fused-ring (bicyclic) bond motifs is 20. The van der Waals surface area contributed by atoms with Crippen molar-refractivity contribution in [2.45, 2.75) is 12.2 Å². The summed E-state index contributed by atoms with van der Waals surface area (Å²) in [6.45, 7) is 0.996. The van der Waals surface area contributed by atoms with Gasteiger partial charge in [-0.25, -0.2) is 0 Å².